The van der Waals surface area contributed by atoms with Gasteiger partial charge in [0.25, 0.3) is 5.91 Å². The number of aryl methyl sites for hydroxylation is 1. The van der Waals surface area contributed by atoms with Gasteiger partial charge in [-0.1, -0.05) is 0 Å². The van der Waals surface area contributed by atoms with Crippen molar-refractivity contribution in [3.63, 3.8) is 0 Å². The van der Waals surface area contributed by atoms with E-state index in [4.69, 9.17) is 4.74 Å². The third-order valence-corrected chi connectivity index (χ3v) is 5.17. The molecule has 13 heteroatoms. The lowest BCUT2D eigenvalue weighted by atomic mass is 10.1. The summed E-state index contributed by atoms with van der Waals surface area (Å²) in [5, 5.41) is 6.79. The number of hydrogen-bond acceptors (Lipinski definition) is 7. The number of anilines is 1. The molecular weight excluding hydrogens is 503 g/mol. The Morgan fingerprint density at radius 3 is 2.45 bits per heavy atom. The molecule has 1 unspecified atom stereocenters. The lowest BCUT2D eigenvalue weighted by Crippen LogP contribution is -2.25. The number of halogens is 3. The number of aromatic nitrogens is 4. The Morgan fingerprint density at radius 2 is 1.82 bits per heavy atom. The SMILES string of the molecule is CC(=O)OC(C(=O)Nc1ccc(-n2nc(C)c3ncnc(N=CN(C)C)c32)c(F)c1)c1cc(F)cc(F)c1. The van der Waals surface area contributed by atoms with Crippen LogP contribution < -0.4 is 5.32 Å². The largest absolute Gasteiger partial charge is 0.447 e. The van der Waals surface area contributed by atoms with E-state index in [1.807, 2.05) is 0 Å². The molecule has 1 atom stereocenters. The van der Waals surface area contributed by atoms with Gasteiger partial charge in [0.15, 0.2) is 11.6 Å². The molecule has 2 heterocycles. The van der Waals surface area contributed by atoms with Gasteiger partial charge in [0.2, 0.25) is 6.10 Å². The first kappa shape index (κ1) is 26.3. The van der Waals surface area contributed by atoms with Crippen molar-refractivity contribution in [1.29, 1.82) is 0 Å². The quantitative estimate of drug-likeness (QED) is 0.220. The lowest BCUT2D eigenvalue weighted by Gasteiger charge is -2.18. The minimum atomic E-state index is -1.67. The maximum Gasteiger partial charge on any atom is 0.303 e. The highest BCUT2D eigenvalue weighted by atomic mass is 19.1. The van der Waals surface area contributed by atoms with Crippen LogP contribution in [-0.4, -0.2) is 57.0 Å². The van der Waals surface area contributed by atoms with E-state index in [2.05, 4.69) is 25.4 Å². The molecule has 2 aromatic carbocycles. The number of carbonyl (C=O) groups excluding carboxylic acids is 2. The molecule has 0 aliphatic heterocycles. The van der Waals surface area contributed by atoms with E-state index in [0.29, 0.717) is 22.8 Å². The second-order valence-electron chi connectivity index (χ2n) is 8.45. The summed E-state index contributed by atoms with van der Waals surface area (Å²) in [4.78, 5) is 38.9. The Balaban J connectivity index is 1.68. The Morgan fingerprint density at radius 1 is 1.11 bits per heavy atom. The normalized spacial score (nSPS) is 12.1. The topological polar surface area (TPSA) is 115 Å². The average Bonchev–Trinajstić information content (AvgIpc) is 3.17. The molecule has 10 nitrogen and oxygen atoms in total. The van der Waals surface area contributed by atoms with Crippen LogP contribution in [-0.2, 0) is 14.3 Å². The number of fused-ring (bicyclic) bond motifs is 1. The lowest BCUT2D eigenvalue weighted by molar-refractivity contribution is -0.152. The minimum Gasteiger partial charge on any atom is -0.447 e. The zero-order valence-electron chi connectivity index (χ0n) is 20.7. The molecule has 0 aliphatic rings. The number of amides is 1. The first-order valence-electron chi connectivity index (χ1n) is 11.2. The maximum absolute atomic E-state index is 15.3. The number of esters is 1. The van der Waals surface area contributed by atoms with Crippen LogP contribution >= 0.6 is 0 Å². The number of aliphatic imine (C=N–C) groups is 1. The van der Waals surface area contributed by atoms with Crippen molar-refractivity contribution in [3.8, 4) is 5.69 Å². The molecule has 1 amide bonds. The fourth-order valence-electron chi connectivity index (χ4n) is 3.65. The average molecular weight is 525 g/mol. The van der Waals surface area contributed by atoms with Crippen molar-refractivity contribution < 1.29 is 27.5 Å². The van der Waals surface area contributed by atoms with Gasteiger partial charge in [0.1, 0.15) is 34.7 Å². The molecule has 1 N–H and O–H groups in total. The van der Waals surface area contributed by atoms with Crippen molar-refractivity contribution in [2.45, 2.75) is 20.0 Å². The fourth-order valence-corrected chi connectivity index (χ4v) is 3.65. The number of nitrogens with zero attached hydrogens (tertiary/aromatic N) is 6. The Labute approximate surface area is 214 Å². The molecule has 4 rings (SSSR count). The first-order chi connectivity index (χ1) is 18.0. The second-order valence-corrected chi connectivity index (χ2v) is 8.45. The summed E-state index contributed by atoms with van der Waals surface area (Å²) < 4.78 is 49.0. The zero-order chi connectivity index (χ0) is 27.6. The standard InChI is InChI=1S/C25H22F3N7O3/c1-13-21-22(24(30-11-29-21)31-12-34(3)4)35(33-13)20-6-5-18(10-19(20)28)32-25(37)23(38-14(2)36)15-7-16(26)9-17(27)8-15/h5-12,23H,1-4H3,(H,32,37). The Bertz CT molecular complexity index is 1550. The van der Waals surface area contributed by atoms with Crippen LogP contribution in [0.1, 0.15) is 24.3 Å². The van der Waals surface area contributed by atoms with Gasteiger partial charge in [-0.3, -0.25) is 9.59 Å². The molecule has 2 aromatic heterocycles. The summed E-state index contributed by atoms with van der Waals surface area (Å²) in [6.07, 6.45) is 1.20. The highest BCUT2D eigenvalue weighted by Gasteiger charge is 2.26. The van der Waals surface area contributed by atoms with Crippen molar-refractivity contribution in [1.82, 2.24) is 24.6 Å². The fraction of sp³-hybridized carbons (Fsp3) is 0.200. The summed E-state index contributed by atoms with van der Waals surface area (Å²) >= 11 is 0. The molecule has 0 saturated carbocycles. The smallest absolute Gasteiger partial charge is 0.303 e. The van der Waals surface area contributed by atoms with Gasteiger partial charge >= 0.3 is 5.97 Å². The molecule has 0 radical (unpaired) electrons. The van der Waals surface area contributed by atoms with Crippen LogP contribution in [0.25, 0.3) is 16.7 Å². The van der Waals surface area contributed by atoms with Crippen LogP contribution in [0, 0.1) is 24.4 Å². The van der Waals surface area contributed by atoms with E-state index in [0.717, 1.165) is 25.1 Å². The number of carbonyl (C=O) groups is 2. The van der Waals surface area contributed by atoms with Crippen LogP contribution in [0.15, 0.2) is 47.7 Å². The predicted octanol–water partition coefficient (Wildman–Crippen LogP) is 4.01. The molecule has 0 fully saturated rings. The van der Waals surface area contributed by atoms with Gasteiger partial charge in [0.05, 0.1) is 12.0 Å². The summed E-state index contributed by atoms with van der Waals surface area (Å²) in [7, 11) is 3.57. The first-order valence-corrected chi connectivity index (χ1v) is 11.2. The highest BCUT2D eigenvalue weighted by Crippen LogP contribution is 2.29. The molecule has 0 aliphatic carbocycles. The number of ether oxygens (including phenoxy) is 1. The van der Waals surface area contributed by atoms with Gasteiger partial charge in [-0.25, -0.2) is 32.8 Å². The van der Waals surface area contributed by atoms with Gasteiger partial charge < -0.3 is 15.0 Å². The van der Waals surface area contributed by atoms with Crippen LogP contribution in [0.4, 0.5) is 24.7 Å². The van der Waals surface area contributed by atoms with Gasteiger partial charge in [0, 0.05) is 38.3 Å². The van der Waals surface area contributed by atoms with Crippen LogP contribution in [0.2, 0.25) is 0 Å². The van der Waals surface area contributed by atoms with Crippen molar-refractivity contribution >= 4 is 40.8 Å². The molecule has 196 valence electrons. The summed E-state index contributed by atoms with van der Waals surface area (Å²) in [5.74, 6) is -4.20. The van der Waals surface area contributed by atoms with E-state index >= 15 is 4.39 Å². The molecule has 0 spiro atoms. The number of nitrogens with one attached hydrogen (secondary N) is 1. The predicted molar refractivity (Wildman–Crippen MR) is 133 cm³/mol. The van der Waals surface area contributed by atoms with E-state index in [1.54, 1.807) is 25.9 Å². The zero-order valence-corrected chi connectivity index (χ0v) is 20.7. The van der Waals surface area contributed by atoms with Crippen molar-refractivity contribution in [2.24, 2.45) is 4.99 Å². The molecule has 0 bridgehead atoms. The molecule has 38 heavy (non-hydrogen) atoms. The van der Waals surface area contributed by atoms with Crippen molar-refractivity contribution in [3.05, 3.63) is 71.4 Å². The number of hydrogen-bond donors (Lipinski definition) is 1. The molecule has 0 saturated heterocycles. The van der Waals surface area contributed by atoms with E-state index in [1.165, 1.54) is 29.5 Å². The van der Waals surface area contributed by atoms with Crippen molar-refractivity contribution in [2.75, 3.05) is 19.4 Å². The van der Waals surface area contributed by atoms with Gasteiger partial charge in [-0.05, 0) is 37.3 Å². The van der Waals surface area contributed by atoms with E-state index in [-0.39, 0.29) is 22.8 Å². The van der Waals surface area contributed by atoms with E-state index < -0.39 is 35.4 Å². The molecular formula is C25H22F3N7O3. The van der Waals surface area contributed by atoms with Gasteiger partial charge in [-0.15, -0.1) is 0 Å². The number of benzene rings is 2. The number of rotatable bonds is 7. The Kier molecular flexibility index (Phi) is 7.37. The minimum absolute atomic E-state index is 0.000521. The van der Waals surface area contributed by atoms with Crippen LogP contribution in [0.5, 0.6) is 0 Å². The van der Waals surface area contributed by atoms with Gasteiger partial charge in [-0.2, -0.15) is 5.10 Å². The monoisotopic (exact) mass is 525 g/mol. The van der Waals surface area contributed by atoms with E-state index in [9.17, 15) is 18.4 Å². The third-order valence-electron chi connectivity index (χ3n) is 5.17. The highest BCUT2D eigenvalue weighted by molar-refractivity contribution is 5.96. The summed E-state index contributed by atoms with van der Waals surface area (Å²) in [5.41, 5.74) is 1.18. The second kappa shape index (κ2) is 10.7. The summed E-state index contributed by atoms with van der Waals surface area (Å²) in [6, 6.07) is 6.13. The van der Waals surface area contributed by atoms with Crippen LogP contribution in [0.3, 0.4) is 0 Å². The molecule has 4 aromatic rings. The maximum atomic E-state index is 15.3. The Hall–Kier alpha value is -4.81. The third kappa shape index (κ3) is 5.61. The summed E-state index contributed by atoms with van der Waals surface area (Å²) in [6.45, 7) is 2.75.